The highest BCUT2D eigenvalue weighted by molar-refractivity contribution is 6.02. The van der Waals surface area contributed by atoms with E-state index in [9.17, 15) is 9.59 Å². The smallest absolute Gasteiger partial charge is 0.160 e. The van der Waals surface area contributed by atoms with Gasteiger partial charge >= 0.3 is 0 Å². The first kappa shape index (κ1) is 15.3. The molecular formula is C24H18O2. The molecule has 2 atom stereocenters. The van der Waals surface area contributed by atoms with E-state index in [0.29, 0.717) is 0 Å². The van der Waals surface area contributed by atoms with Crippen molar-refractivity contribution in [2.45, 2.75) is 25.2 Å². The van der Waals surface area contributed by atoms with Crippen molar-refractivity contribution in [1.29, 1.82) is 0 Å². The number of ketones is 2. The number of carbonyl (C=O) groups excluding carboxylic acids is 2. The van der Waals surface area contributed by atoms with Crippen LogP contribution in [0.15, 0.2) is 77.9 Å². The Hall–Kier alpha value is -3.00. The second-order valence-electron chi connectivity index (χ2n) is 7.29. The molecule has 0 saturated carbocycles. The third kappa shape index (κ3) is 1.67. The topological polar surface area (TPSA) is 34.1 Å². The number of benzene rings is 2. The summed E-state index contributed by atoms with van der Waals surface area (Å²) < 4.78 is 0. The number of Topliss-reactive ketones (excluding diaryl/α,β-unsaturated/α-hetero) is 2. The number of carbonyl (C=O) groups is 2. The Morgan fingerprint density at radius 1 is 0.923 bits per heavy atom. The Labute approximate surface area is 152 Å². The van der Waals surface area contributed by atoms with Crippen molar-refractivity contribution in [3.8, 4) is 0 Å². The number of rotatable bonds is 2. The zero-order chi connectivity index (χ0) is 18.1. The van der Waals surface area contributed by atoms with E-state index in [-0.39, 0.29) is 17.5 Å². The molecule has 2 aromatic carbocycles. The summed E-state index contributed by atoms with van der Waals surface area (Å²) in [7, 11) is 0. The van der Waals surface area contributed by atoms with Crippen molar-refractivity contribution in [3.05, 3.63) is 106 Å². The highest BCUT2D eigenvalue weighted by atomic mass is 16.1. The van der Waals surface area contributed by atoms with Crippen molar-refractivity contribution in [2.24, 2.45) is 0 Å². The molecule has 0 heterocycles. The molecule has 0 saturated heterocycles. The maximum atomic E-state index is 12.7. The van der Waals surface area contributed by atoms with E-state index in [1.807, 2.05) is 36.4 Å². The van der Waals surface area contributed by atoms with Crippen molar-refractivity contribution in [1.82, 2.24) is 0 Å². The van der Waals surface area contributed by atoms with Gasteiger partial charge in [0.05, 0.1) is 5.41 Å². The lowest BCUT2D eigenvalue weighted by Gasteiger charge is -2.48. The highest BCUT2D eigenvalue weighted by Crippen LogP contribution is 2.59. The van der Waals surface area contributed by atoms with Crippen LogP contribution in [-0.4, -0.2) is 11.6 Å². The zero-order valence-corrected chi connectivity index (χ0v) is 14.7. The Kier molecular flexibility index (Phi) is 2.94. The van der Waals surface area contributed by atoms with Gasteiger partial charge in [-0.3, -0.25) is 9.59 Å². The molecule has 126 valence electrons. The molecule has 0 fully saturated rings. The summed E-state index contributed by atoms with van der Waals surface area (Å²) in [5, 5.41) is 0. The van der Waals surface area contributed by atoms with E-state index < -0.39 is 5.41 Å². The van der Waals surface area contributed by atoms with Gasteiger partial charge in [-0.25, -0.2) is 0 Å². The highest BCUT2D eigenvalue weighted by Gasteiger charge is 2.51. The van der Waals surface area contributed by atoms with Crippen LogP contribution >= 0.6 is 0 Å². The molecule has 0 radical (unpaired) electrons. The normalized spacial score (nSPS) is 24.2. The van der Waals surface area contributed by atoms with Gasteiger partial charge in [0.2, 0.25) is 0 Å². The minimum absolute atomic E-state index is 0.0409. The number of allylic oxidation sites excluding steroid dienone is 6. The standard InChI is InChI=1S/C24H18O2/c1-14(25)17-9-6-12-21-23(17)22-16-7-5-11-19(15(2)26)24(21,13-16)20-10-4-3-8-18(20)22/h3-13,22H,1-2H3. The van der Waals surface area contributed by atoms with Gasteiger partial charge in [0.1, 0.15) is 0 Å². The van der Waals surface area contributed by atoms with Crippen LogP contribution in [0.4, 0.5) is 0 Å². The van der Waals surface area contributed by atoms with Crippen LogP contribution < -0.4 is 0 Å². The van der Waals surface area contributed by atoms with Gasteiger partial charge in [-0.05, 0) is 41.7 Å². The largest absolute Gasteiger partial charge is 0.295 e. The fourth-order valence-corrected chi connectivity index (χ4v) is 5.06. The van der Waals surface area contributed by atoms with Gasteiger partial charge in [-0.15, -0.1) is 0 Å². The SMILES string of the molecule is CC(=O)C1=CC=CC2=CC13c1ccccc1C2c1c(C(C)=O)cccc13. The van der Waals surface area contributed by atoms with Crippen LogP contribution in [0.1, 0.15) is 52.4 Å². The molecule has 2 aromatic rings. The Bertz CT molecular complexity index is 1100. The summed E-state index contributed by atoms with van der Waals surface area (Å²) in [6.07, 6.45) is 8.25. The van der Waals surface area contributed by atoms with Gasteiger partial charge in [0.15, 0.2) is 11.6 Å². The Balaban J connectivity index is 2.00. The summed E-state index contributed by atoms with van der Waals surface area (Å²) >= 11 is 0. The second-order valence-corrected chi connectivity index (χ2v) is 7.29. The van der Waals surface area contributed by atoms with E-state index >= 15 is 0 Å². The van der Waals surface area contributed by atoms with Crippen molar-refractivity contribution < 1.29 is 9.59 Å². The van der Waals surface area contributed by atoms with Crippen LogP contribution in [0.3, 0.4) is 0 Å². The Morgan fingerprint density at radius 2 is 1.69 bits per heavy atom. The van der Waals surface area contributed by atoms with Crippen molar-refractivity contribution >= 4 is 11.6 Å². The monoisotopic (exact) mass is 338 g/mol. The molecule has 1 spiro atoms. The van der Waals surface area contributed by atoms with Crippen LogP contribution in [0.25, 0.3) is 0 Å². The van der Waals surface area contributed by atoms with E-state index in [1.54, 1.807) is 13.8 Å². The minimum atomic E-state index is -0.614. The third-order valence-corrected chi connectivity index (χ3v) is 5.97. The maximum Gasteiger partial charge on any atom is 0.160 e. The molecule has 0 N–H and O–H groups in total. The summed E-state index contributed by atoms with van der Waals surface area (Å²) in [4.78, 5) is 25.1. The summed E-state index contributed by atoms with van der Waals surface area (Å²) in [5.41, 5.74) is 6.56. The average Bonchev–Trinajstić information content (AvgIpc) is 2.77. The second kappa shape index (κ2) is 5.01. The predicted molar refractivity (Wildman–Crippen MR) is 101 cm³/mol. The number of hydrogen-bond acceptors (Lipinski definition) is 2. The lowest BCUT2D eigenvalue weighted by Crippen LogP contribution is -2.41. The fraction of sp³-hybridized carbons (Fsp3) is 0.167. The molecule has 3 bridgehead atoms. The van der Waals surface area contributed by atoms with E-state index in [2.05, 4.69) is 30.4 Å². The molecule has 4 aliphatic carbocycles. The molecule has 0 aromatic heterocycles. The van der Waals surface area contributed by atoms with E-state index in [4.69, 9.17) is 0 Å². The molecule has 26 heavy (non-hydrogen) atoms. The van der Waals surface area contributed by atoms with Crippen LogP contribution in [0, 0.1) is 0 Å². The molecule has 0 aliphatic heterocycles. The van der Waals surface area contributed by atoms with Crippen molar-refractivity contribution in [2.75, 3.05) is 0 Å². The Morgan fingerprint density at radius 3 is 2.46 bits per heavy atom. The van der Waals surface area contributed by atoms with Crippen LogP contribution in [-0.2, 0) is 10.2 Å². The zero-order valence-electron chi connectivity index (χ0n) is 14.7. The first-order valence-electron chi connectivity index (χ1n) is 8.92. The lowest BCUT2D eigenvalue weighted by molar-refractivity contribution is -0.114. The summed E-state index contributed by atoms with van der Waals surface area (Å²) in [5.74, 6) is 0.165. The van der Waals surface area contributed by atoms with Gasteiger partial charge in [0.25, 0.3) is 0 Å². The van der Waals surface area contributed by atoms with E-state index in [1.165, 1.54) is 5.56 Å². The summed E-state index contributed by atoms with van der Waals surface area (Å²) in [6.45, 7) is 3.25. The molecule has 2 nitrogen and oxygen atoms in total. The van der Waals surface area contributed by atoms with Gasteiger partial charge < -0.3 is 0 Å². The quantitative estimate of drug-likeness (QED) is 0.747. The van der Waals surface area contributed by atoms with Gasteiger partial charge in [0, 0.05) is 17.1 Å². The molecular weight excluding hydrogens is 320 g/mol. The molecule has 6 rings (SSSR count). The number of hydrogen-bond donors (Lipinski definition) is 0. The lowest BCUT2D eigenvalue weighted by atomic mass is 9.53. The third-order valence-electron chi connectivity index (χ3n) is 5.97. The van der Waals surface area contributed by atoms with E-state index in [0.717, 1.165) is 33.4 Å². The summed E-state index contributed by atoms with van der Waals surface area (Å²) in [6, 6.07) is 14.3. The first-order chi connectivity index (χ1) is 12.6. The van der Waals surface area contributed by atoms with Gasteiger partial charge in [-0.2, -0.15) is 0 Å². The fourth-order valence-electron chi connectivity index (χ4n) is 5.06. The molecule has 2 unspecified atom stereocenters. The first-order valence-corrected chi connectivity index (χ1v) is 8.92. The van der Waals surface area contributed by atoms with Crippen LogP contribution in [0.2, 0.25) is 0 Å². The molecule has 4 aliphatic rings. The van der Waals surface area contributed by atoms with Gasteiger partial charge in [-0.1, -0.05) is 66.8 Å². The average molecular weight is 338 g/mol. The van der Waals surface area contributed by atoms with Crippen LogP contribution in [0.5, 0.6) is 0 Å². The maximum absolute atomic E-state index is 12.7. The molecule has 0 amide bonds. The van der Waals surface area contributed by atoms with Crippen molar-refractivity contribution in [3.63, 3.8) is 0 Å². The minimum Gasteiger partial charge on any atom is -0.295 e. The molecule has 2 heteroatoms. The predicted octanol–water partition coefficient (Wildman–Crippen LogP) is 4.65.